The molecule has 5 rings (SSSR count). The third-order valence-corrected chi connectivity index (χ3v) is 8.55. The lowest BCUT2D eigenvalue weighted by Gasteiger charge is -2.30. The Morgan fingerprint density at radius 1 is 1.05 bits per heavy atom. The number of rotatable bonds is 5. The molecule has 1 fully saturated rings. The normalized spacial score (nSPS) is 19.2. The van der Waals surface area contributed by atoms with E-state index in [9.17, 15) is 18.0 Å². The zero-order valence-corrected chi connectivity index (χ0v) is 21.4. The predicted molar refractivity (Wildman–Crippen MR) is 140 cm³/mol. The number of sulfonamides is 1. The van der Waals surface area contributed by atoms with Gasteiger partial charge < -0.3 is 15.4 Å². The van der Waals surface area contributed by atoms with E-state index >= 15 is 0 Å². The molecule has 0 bridgehead atoms. The van der Waals surface area contributed by atoms with Gasteiger partial charge in [0.2, 0.25) is 0 Å². The molecule has 9 nitrogen and oxygen atoms in total. The summed E-state index contributed by atoms with van der Waals surface area (Å²) in [5, 5.41) is 5.70. The molecule has 2 heterocycles. The van der Waals surface area contributed by atoms with Crippen molar-refractivity contribution < 1.29 is 22.7 Å². The van der Waals surface area contributed by atoms with Gasteiger partial charge in [0.15, 0.2) is 0 Å². The van der Waals surface area contributed by atoms with E-state index in [1.165, 1.54) is 6.07 Å². The molecule has 192 valence electrons. The van der Waals surface area contributed by atoms with Crippen LogP contribution in [0.15, 0.2) is 77.7 Å². The zero-order valence-electron chi connectivity index (χ0n) is 20.6. The predicted octanol–water partition coefficient (Wildman–Crippen LogP) is 4.31. The molecule has 3 aromatic rings. The van der Waals surface area contributed by atoms with E-state index in [1.54, 1.807) is 48.4 Å². The lowest BCUT2D eigenvalue weighted by Crippen LogP contribution is -2.39. The van der Waals surface area contributed by atoms with E-state index in [-0.39, 0.29) is 17.5 Å². The first-order valence-corrected chi connectivity index (χ1v) is 13.4. The highest BCUT2D eigenvalue weighted by atomic mass is 32.2. The summed E-state index contributed by atoms with van der Waals surface area (Å²) in [6, 6.07) is 20.0. The van der Waals surface area contributed by atoms with Crippen molar-refractivity contribution in [3.05, 3.63) is 83.9 Å². The number of carbonyl (C=O) groups is 2. The Morgan fingerprint density at radius 3 is 2.49 bits per heavy atom. The molecule has 0 spiro atoms. The summed E-state index contributed by atoms with van der Waals surface area (Å²) in [6.45, 7) is 2.29. The summed E-state index contributed by atoms with van der Waals surface area (Å²) in [6.07, 6.45) is 1.31. The highest BCUT2D eigenvalue weighted by Crippen LogP contribution is 2.34. The first-order chi connectivity index (χ1) is 17.7. The van der Waals surface area contributed by atoms with Gasteiger partial charge >= 0.3 is 12.1 Å². The van der Waals surface area contributed by atoms with Crippen LogP contribution in [0.3, 0.4) is 0 Å². The van der Waals surface area contributed by atoms with Gasteiger partial charge in [-0.25, -0.2) is 22.3 Å². The van der Waals surface area contributed by atoms with Crippen LogP contribution in [0.5, 0.6) is 5.75 Å². The summed E-state index contributed by atoms with van der Waals surface area (Å²) in [5.41, 5.74) is 2.00. The molecule has 1 saturated heterocycles. The van der Waals surface area contributed by atoms with Gasteiger partial charge in [0.25, 0.3) is 10.0 Å². The number of benzene rings is 3. The van der Waals surface area contributed by atoms with Crippen LogP contribution in [0.4, 0.5) is 21.0 Å². The fourth-order valence-corrected chi connectivity index (χ4v) is 6.28. The molecule has 37 heavy (non-hydrogen) atoms. The van der Waals surface area contributed by atoms with Crippen LogP contribution in [0.1, 0.15) is 24.5 Å². The van der Waals surface area contributed by atoms with Crippen molar-refractivity contribution in [1.29, 1.82) is 0 Å². The molecule has 0 aliphatic carbocycles. The van der Waals surface area contributed by atoms with Crippen LogP contribution in [0.2, 0.25) is 0 Å². The lowest BCUT2D eigenvalue weighted by atomic mass is 9.93. The Balaban J connectivity index is 1.37. The molecule has 4 amide bonds. The molecule has 2 N–H and O–H groups in total. The topological polar surface area (TPSA) is 108 Å². The Morgan fingerprint density at radius 2 is 1.78 bits per heavy atom. The van der Waals surface area contributed by atoms with Gasteiger partial charge in [-0.2, -0.15) is 0 Å². The fourth-order valence-electron chi connectivity index (χ4n) is 4.80. The van der Waals surface area contributed by atoms with Crippen LogP contribution in [0.25, 0.3) is 0 Å². The minimum absolute atomic E-state index is 0.0222. The summed E-state index contributed by atoms with van der Waals surface area (Å²) < 4.78 is 33.1. The van der Waals surface area contributed by atoms with Gasteiger partial charge in [-0.15, -0.1) is 0 Å². The molecule has 3 aromatic carbocycles. The number of aryl methyl sites for hydroxylation is 1. The quantitative estimate of drug-likeness (QED) is 0.521. The van der Waals surface area contributed by atoms with Gasteiger partial charge in [-0.05, 0) is 73.4 Å². The van der Waals surface area contributed by atoms with E-state index in [2.05, 4.69) is 10.6 Å². The van der Waals surface area contributed by atoms with Crippen LogP contribution < -0.4 is 20.3 Å². The number of hydrogen-bond donors (Lipinski definition) is 2. The van der Waals surface area contributed by atoms with Gasteiger partial charge in [0, 0.05) is 17.9 Å². The molecule has 0 saturated carbocycles. The summed E-state index contributed by atoms with van der Waals surface area (Å²) in [4.78, 5) is 27.5. The van der Waals surface area contributed by atoms with Gasteiger partial charge in [0.1, 0.15) is 5.75 Å². The Bertz CT molecular complexity index is 1440. The van der Waals surface area contributed by atoms with Gasteiger partial charge in [-0.1, -0.05) is 30.3 Å². The zero-order chi connectivity index (χ0) is 26.2. The molecule has 1 atom stereocenters. The van der Waals surface area contributed by atoms with E-state index in [0.717, 1.165) is 15.4 Å². The molecule has 2 aliphatic heterocycles. The van der Waals surface area contributed by atoms with Crippen molar-refractivity contribution in [2.24, 2.45) is 0 Å². The van der Waals surface area contributed by atoms with Crippen molar-refractivity contribution in [3.8, 4) is 5.75 Å². The SMILES string of the molecule is COc1ccc(NC(=O)N2CCCc3cc(S(=O)(=O)N4CC(C)(c5ccccc5)NC4=O)ccc32)cc1. The summed E-state index contributed by atoms with van der Waals surface area (Å²) >= 11 is 0. The van der Waals surface area contributed by atoms with Gasteiger partial charge in [0.05, 0.1) is 24.1 Å². The highest BCUT2D eigenvalue weighted by molar-refractivity contribution is 7.89. The number of nitrogens with zero attached hydrogens (tertiary/aromatic N) is 2. The largest absolute Gasteiger partial charge is 0.497 e. The lowest BCUT2D eigenvalue weighted by molar-refractivity contribution is 0.235. The van der Waals surface area contributed by atoms with E-state index in [0.29, 0.717) is 36.5 Å². The average Bonchev–Trinajstić information content (AvgIpc) is 3.24. The van der Waals surface area contributed by atoms with E-state index < -0.39 is 21.6 Å². The number of fused-ring (bicyclic) bond motifs is 1. The number of urea groups is 2. The molecular formula is C27H28N4O5S. The fraction of sp³-hybridized carbons (Fsp3) is 0.259. The number of anilines is 2. The second-order valence-electron chi connectivity index (χ2n) is 9.34. The van der Waals surface area contributed by atoms with Crippen molar-refractivity contribution >= 4 is 33.5 Å². The first kappa shape index (κ1) is 24.6. The number of nitrogens with one attached hydrogen (secondary N) is 2. The maximum atomic E-state index is 13.5. The monoisotopic (exact) mass is 520 g/mol. The number of carbonyl (C=O) groups excluding carboxylic acids is 2. The second kappa shape index (κ2) is 9.44. The Kier molecular flexibility index (Phi) is 6.28. The van der Waals surface area contributed by atoms with Crippen LogP contribution in [-0.2, 0) is 22.0 Å². The second-order valence-corrected chi connectivity index (χ2v) is 11.2. The minimum atomic E-state index is -4.10. The molecule has 2 aliphatic rings. The van der Waals surface area contributed by atoms with Crippen molar-refractivity contribution in [1.82, 2.24) is 9.62 Å². The molecule has 10 heteroatoms. The molecule has 0 aromatic heterocycles. The first-order valence-electron chi connectivity index (χ1n) is 12.0. The summed E-state index contributed by atoms with van der Waals surface area (Å²) in [5.74, 6) is 0.686. The molecule has 0 radical (unpaired) electrons. The molecule has 1 unspecified atom stereocenters. The number of ether oxygens (including phenoxy) is 1. The van der Waals surface area contributed by atoms with E-state index in [1.807, 2.05) is 37.3 Å². The van der Waals surface area contributed by atoms with Crippen LogP contribution in [0, 0.1) is 0 Å². The number of amides is 4. The third-order valence-electron chi connectivity index (χ3n) is 6.82. The average molecular weight is 521 g/mol. The Labute approximate surface area is 216 Å². The standard InChI is InChI=1S/C27H28N4O5S/c1-27(20-8-4-3-5-9-20)18-31(26(33)29-27)37(34,35)23-14-15-24-19(17-23)7-6-16-30(24)25(32)28-21-10-12-22(36-2)13-11-21/h3-5,8-15,17H,6-7,16,18H2,1-2H3,(H,28,32)(H,29,33). The van der Waals surface area contributed by atoms with Crippen LogP contribution >= 0.6 is 0 Å². The maximum absolute atomic E-state index is 13.5. The smallest absolute Gasteiger partial charge is 0.332 e. The number of methoxy groups -OCH3 is 1. The van der Waals surface area contributed by atoms with E-state index in [4.69, 9.17) is 4.74 Å². The van der Waals surface area contributed by atoms with Crippen LogP contribution in [-0.4, -0.2) is 45.0 Å². The molecular weight excluding hydrogens is 492 g/mol. The van der Waals surface area contributed by atoms with Crippen molar-refractivity contribution in [2.75, 3.05) is 30.4 Å². The maximum Gasteiger partial charge on any atom is 0.332 e. The highest BCUT2D eigenvalue weighted by Gasteiger charge is 2.46. The van der Waals surface area contributed by atoms with Crippen molar-refractivity contribution in [3.63, 3.8) is 0 Å². The minimum Gasteiger partial charge on any atom is -0.497 e. The van der Waals surface area contributed by atoms with Crippen molar-refractivity contribution in [2.45, 2.75) is 30.2 Å². The Hall–Kier alpha value is -4.05. The van der Waals surface area contributed by atoms with Gasteiger partial charge in [-0.3, -0.25) is 4.90 Å². The summed E-state index contributed by atoms with van der Waals surface area (Å²) in [7, 11) is -2.53. The number of hydrogen-bond acceptors (Lipinski definition) is 5. The third kappa shape index (κ3) is 4.60.